The maximum atomic E-state index is 13.0. The van der Waals surface area contributed by atoms with Gasteiger partial charge in [0.15, 0.2) is 0 Å². The van der Waals surface area contributed by atoms with Crippen molar-refractivity contribution in [2.45, 2.75) is 83.3 Å². The number of ether oxygens (including phenoxy) is 2. The minimum atomic E-state index is -4.71. The van der Waals surface area contributed by atoms with Crippen molar-refractivity contribution >= 4 is 12.1 Å². The Morgan fingerprint density at radius 2 is 1.60 bits per heavy atom. The van der Waals surface area contributed by atoms with Crippen LogP contribution in [0.15, 0.2) is 0 Å². The Balaban J connectivity index is 2.49. The summed E-state index contributed by atoms with van der Waals surface area (Å²) in [6, 6.07) is -2.94. The Morgan fingerprint density at radius 1 is 1.08 bits per heavy atom. The molecule has 1 fully saturated rings. The second kappa shape index (κ2) is 8.73. The molecule has 6 nitrogen and oxygen atoms in total. The predicted molar refractivity (Wildman–Crippen MR) is 85.0 cm³/mol. The lowest BCUT2D eigenvalue weighted by atomic mass is 9.90. The van der Waals surface area contributed by atoms with Gasteiger partial charge in [-0.15, -0.1) is 0 Å². The molecule has 25 heavy (non-hydrogen) atoms. The summed E-state index contributed by atoms with van der Waals surface area (Å²) in [7, 11) is 0. The molecule has 0 saturated heterocycles. The lowest BCUT2D eigenvalue weighted by molar-refractivity contribution is -0.185. The van der Waals surface area contributed by atoms with Crippen LogP contribution in [0.1, 0.15) is 53.4 Å². The van der Waals surface area contributed by atoms with Gasteiger partial charge in [-0.3, -0.25) is 5.32 Å². The first kappa shape index (κ1) is 21.5. The first-order valence-corrected chi connectivity index (χ1v) is 8.41. The second-order valence-corrected chi connectivity index (χ2v) is 7.09. The van der Waals surface area contributed by atoms with Gasteiger partial charge >= 0.3 is 18.2 Å². The predicted octanol–water partition coefficient (Wildman–Crippen LogP) is 2.91. The molecular formula is C16H27F3N2O4. The van der Waals surface area contributed by atoms with Crippen LogP contribution in [0, 0.1) is 0 Å². The number of hydrogen-bond acceptors (Lipinski definition) is 5. The van der Waals surface area contributed by atoms with Gasteiger partial charge in [0.05, 0.1) is 6.61 Å². The normalized spacial score (nSPS) is 22.8. The molecule has 0 bridgehead atoms. The maximum absolute atomic E-state index is 13.0. The smallest absolute Gasteiger partial charge is 0.414 e. The van der Waals surface area contributed by atoms with Gasteiger partial charge in [0.1, 0.15) is 5.60 Å². The number of amides is 1. The van der Waals surface area contributed by atoms with E-state index in [1.807, 2.05) is 0 Å². The SMILES string of the molecule is CCOC(=O)C(N[C@H]1CC[C@H](NC(=O)OC(C)(C)C)CC1)C(F)(F)F. The Hall–Kier alpha value is -1.51. The van der Waals surface area contributed by atoms with Gasteiger partial charge in [0.2, 0.25) is 6.04 Å². The summed E-state index contributed by atoms with van der Waals surface area (Å²) in [5, 5.41) is 5.07. The number of halogens is 3. The van der Waals surface area contributed by atoms with Crippen molar-refractivity contribution in [1.29, 1.82) is 0 Å². The fourth-order valence-corrected chi connectivity index (χ4v) is 2.64. The standard InChI is InChI=1S/C16H27F3N2O4/c1-5-24-13(22)12(16(17,18)19)20-10-6-8-11(9-7-10)21-14(23)25-15(2,3)4/h10-12,20H,5-9H2,1-4H3,(H,21,23)/t10-,11-,12?. The zero-order valence-corrected chi connectivity index (χ0v) is 15.0. The Morgan fingerprint density at radius 3 is 2.04 bits per heavy atom. The summed E-state index contributed by atoms with van der Waals surface area (Å²) in [6.07, 6.45) is -3.42. The van der Waals surface area contributed by atoms with Crippen LogP contribution in [0.25, 0.3) is 0 Å². The molecule has 0 radical (unpaired) electrons. The molecule has 0 aromatic rings. The largest absolute Gasteiger partial charge is 0.465 e. The second-order valence-electron chi connectivity index (χ2n) is 7.09. The molecule has 1 amide bonds. The minimum Gasteiger partial charge on any atom is -0.465 e. The Bertz CT molecular complexity index is 455. The average molecular weight is 368 g/mol. The molecule has 1 unspecified atom stereocenters. The van der Waals surface area contributed by atoms with Gasteiger partial charge in [-0.1, -0.05) is 0 Å². The average Bonchev–Trinajstić information content (AvgIpc) is 2.43. The topological polar surface area (TPSA) is 76.7 Å². The van der Waals surface area contributed by atoms with E-state index < -0.39 is 35.9 Å². The van der Waals surface area contributed by atoms with Gasteiger partial charge in [-0.05, 0) is 53.4 Å². The highest BCUT2D eigenvalue weighted by Crippen LogP contribution is 2.25. The minimum absolute atomic E-state index is 0.111. The van der Waals surface area contributed by atoms with Crippen LogP contribution >= 0.6 is 0 Å². The number of rotatable bonds is 5. The molecule has 1 atom stereocenters. The van der Waals surface area contributed by atoms with E-state index in [-0.39, 0.29) is 12.6 Å². The van der Waals surface area contributed by atoms with E-state index in [1.54, 1.807) is 20.8 Å². The molecule has 1 aliphatic carbocycles. The van der Waals surface area contributed by atoms with Crippen LogP contribution in [0.2, 0.25) is 0 Å². The van der Waals surface area contributed by atoms with E-state index in [0.29, 0.717) is 25.7 Å². The van der Waals surface area contributed by atoms with Crippen LogP contribution < -0.4 is 10.6 Å². The lowest BCUT2D eigenvalue weighted by Crippen LogP contribution is -2.54. The molecule has 0 aromatic carbocycles. The van der Waals surface area contributed by atoms with Gasteiger partial charge in [0, 0.05) is 12.1 Å². The van der Waals surface area contributed by atoms with Gasteiger partial charge in [-0.25, -0.2) is 9.59 Å². The molecule has 1 rings (SSSR count). The Labute approximate surface area is 145 Å². The Kier molecular flexibility index (Phi) is 7.52. The van der Waals surface area contributed by atoms with Crippen LogP contribution in [-0.4, -0.2) is 48.6 Å². The number of esters is 1. The fourth-order valence-electron chi connectivity index (χ4n) is 2.64. The lowest BCUT2D eigenvalue weighted by Gasteiger charge is -2.32. The number of hydrogen-bond donors (Lipinski definition) is 2. The van der Waals surface area contributed by atoms with E-state index in [9.17, 15) is 22.8 Å². The van der Waals surface area contributed by atoms with Gasteiger partial charge < -0.3 is 14.8 Å². The van der Waals surface area contributed by atoms with E-state index in [4.69, 9.17) is 4.74 Å². The molecule has 9 heteroatoms. The third-order valence-electron chi connectivity index (χ3n) is 3.70. The maximum Gasteiger partial charge on any atom is 0.414 e. The molecule has 0 heterocycles. The fraction of sp³-hybridized carbons (Fsp3) is 0.875. The van der Waals surface area contributed by atoms with Crippen LogP contribution in [0.5, 0.6) is 0 Å². The van der Waals surface area contributed by atoms with Crippen LogP contribution in [-0.2, 0) is 14.3 Å². The first-order valence-electron chi connectivity index (χ1n) is 8.41. The van der Waals surface area contributed by atoms with Crippen molar-refractivity contribution in [3.8, 4) is 0 Å². The summed E-state index contributed by atoms with van der Waals surface area (Å²) in [4.78, 5) is 23.2. The van der Waals surface area contributed by atoms with Crippen molar-refractivity contribution in [3.05, 3.63) is 0 Å². The van der Waals surface area contributed by atoms with Crippen molar-refractivity contribution in [2.75, 3.05) is 6.61 Å². The zero-order chi connectivity index (χ0) is 19.3. The van der Waals surface area contributed by atoms with Crippen LogP contribution in [0.3, 0.4) is 0 Å². The molecule has 146 valence electrons. The van der Waals surface area contributed by atoms with E-state index >= 15 is 0 Å². The summed E-state index contributed by atoms with van der Waals surface area (Å²) in [6.45, 7) is 6.60. The van der Waals surface area contributed by atoms with Crippen molar-refractivity contribution in [3.63, 3.8) is 0 Å². The first-order chi connectivity index (χ1) is 11.4. The third kappa shape index (κ3) is 7.94. The van der Waals surface area contributed by atoms with Gasteiger partial charge in [-0.2, -0.15) is 13.2 Å². The number of carbonyl (C=O) groups is 2. The highest BCUT2D eigenvalue weighted by atomic mass is 19.4. The molecule has 0 aliphatic heterocycles. The molecular weight excluding hydrogens is 341 g/mol. The summed E-state index contributed by atoms with van der Waals surface area (Å²) >= 11 is 0. The quantitative estimate of drug-likeness (QED) is 0.730. The molecule has 2 N–H and O–H groups in total. The van der Waals surface area contributed by atoms with Crippen molar-refractivity contribution in [2.24, 2.45) is 0 Å². The van der Waals surface area contributed by atoms with Crippen LogP contribution in [0.4, 0.5) is 18.0 Å². The van der Waals surface area contributed by atoms with Crippen molar-refractivity contribution < 1.29 is 32.2 Å². The van der Waals surface area contributed by atoms with E-state index in [2.05, 4.69) is 15.4 Å². The summed E-state index contributed by atoms with van der Waals surface area (Å²) in [5.41, 5.74) is -0.609. The van der Waals surface area contributed by atoms with Crippen molar-refractivity contribution in [1.82, 2.24) is 10.6 Å². The summed E-state index contributed by atoms with van der Waals surface area (Å²) in [5.74, 6) is -1.32. The number of nitrogens with one attached hydrogen (secondary N) is 2. The third-order valence-corrected chi connectivity index (χ3v) is 3.70. The van der Waals surface area contributed by atoms with E-state index in [1.165, 1.54) is 6.92 Å². The molecule has 0 spiro atoms. The monoisotopic (exact) mass is 368 g/mol. The molecule has 1 saturated carbocycles. The highest BCUT2D eigenvalue weighted by molar-refractivity contribution is 5.76. The molecule has 1 aliphatic rings. The highest BCUT2D eigenvalue weighted by Gasteiger charge is 2.47. The summed E-state index contributed by atoms with van der Waals surface area (Å²) < 4.78 is 48.7. The number of alkyl halides is 3. The van der Waals surface area contributed by atoms with Gasteiger partial charge in [0.25, 0.3) is 0 Å². The number of carbonyl (C=O) groups excluding carboxylic acids is 2. The van der Waals surface area contributed by atoms with E-state index in [0.717, 1.165) is 0 Å². The number of alkyl carbamates (subject to hydrolysis) is 1. The zero-order valence-electron chi connectivity index (χ0n) is 15.0. The molecule has 0 aromatic heterocycles.